The van der Waals surface area contributed by atoms with E-state index < -0.39 is 28.4 Å². The number of hydrogen-bond donors (Lipinski definition) is 0. The normalized spacial score (nSPS) is 12.2. The Morgan fingerprint density at radius 3 is 1.94 bits per heavy atom. The van der Waals surface area contributed by atoms with Gasteiger partial charge in [0.15, 0.2) is 0 Å². The van der Waals surface area contributed by atoms with Crippen molar-refractivity contribution in [3.8, 4) is 6.07 Å². The summed E-state index contributed by atoms with van der Waals surface area (Å²) in [5.41, 5.74) is 2.34. The summed E-state index contributed by atoms with van der Waals surface area (Å²) in [6.45, 7) is 8.69. The van der Waals surface area contributed by atoms with Crippen LogP contribution in [0.1, 0.15) is 70.4 Å². The van der Waals surface area contributed by atoms with Crippen LogP contribution in [0.2, 0.25) is 13.3 Å². The van der Waals surface area contributed by atoms with E-state index in [-0.39, 0.29) is 0 Å². The molecule has 3 aromatic rings. The summed E-state index contributed by atoms with van der Waals surface area (Å²) in [6.07, 6.45) is 9.01. The van der Waals surface area contributed by atoms with Crippen molar-refractivity contribution in [3.05, 3.63) is 59.8 Å². The molecule has 3 rings (SSSR count). The van der Waals surface area contributed by atoms with Crippen molar-refractivity contribution in [2.75, 3.05) is 0 Å². The van der Waals surface area contributed by atoms with E-state index in [0.29, 0.717) is 16.0 Å². The maximum atomic E-state index is 13.8. The van der Waals surface area contributed by atoms with Crippen LogP contribution in [0.4, 0.5) is 0 Å². The Labute approximate surface area is 209 Å². The van der Waals surface area contributed by atoms with Crippen molar-refractivity contribution in [1.82, 2.24) is 3.97 Å². The number of aromatic nitrogens is 1. The van der Waals surface area contributed by atoms with Gasteiger partial charge in [-0.3, -0.25) is 0 Å². The molecule has 0 aliphatic heterocycles. The van der Waals surface area contributed by atoms with Gasteiger partial charge in [0.25, 0.3) is 0 Å². The van der Waals surface area contributed by atoms with Gasteiger partial charge in [0.1, 0.15) is 0 Å². The first-order chi connectivity index (χ1) is 16.3. The van der Waals surface area contributed by atoms with Crippen molar-refractivity contribution < 1.29 is 8.42 Å². The molecule has 0 N–H and O–H groups in total. The first kappa shape index (κ1) is 26.8. The minimum atomic E-state index is -3.74. The van der Waals surface area contributed by atoms with E-state index in [1.165, 1.54) is 40.1 Å². The van der Waals surface area contributed by atoms with E-state index >= 15 is 0 Å². The predicted molar refractivity (Wildman–Crippen MR) is 145 cm³/mol. The zero-order valence-electron chi connectivity index (χ0n) is 21.1. The van der Waals surface area contributed by atoms with Crippen LogP contribution in [-0.4, -0.2) is 30.8 Å². The Kier molecular flexibility index (Phi) is 9.28. The van der Waals surface area contributed by atoms with Crippen LogP contribution in [-0.2, 0) is 10.0 Å². The van der Waals surface area contributed by atoms with Gasteiger partial charge < -0.3 is 0 Å². The van der Waals surface area contributed by atoms with Crippen molar-refractivity contribution in [2.24, 2.45) is 0 Å². The molecular weight excluding hydrogens is 547 g/mol. The van der Waals surface area contributed by atoms with E-state index in [1.54, 1.807) is 18.2 Å². The van der Waals surface area contributed by atoms with Gasteiger partial charge in [-0.1, -0.05) is 0 Å². The summed E-state index contributed by atoms with van der Waals surface area (Å²) < 4.78 is 34.2. The van der Waals surface area contributed by atoms with Gasteiger partial charge in [0, 0.05) is 0 Å². The van der Waals surface area contributed by atoms with Gasteiger partial charge in [-0.25, -0.2) is 0 Å². The van der Waals surface area contributed by atoms with Gasteiger partial charge in [-0.15, -0.1) is 0 Å². The molecule has 0 saturated heterocycles. The molecule has 0 aliphatic rings. The minimum absolute atomic E-state index is 0.308. The molecule has 0 spiro atoms. The monoisotopic (exact) mass is 586 g/mol. The Balaban J connectivity index is 2.32. The van der Waals surface area contributed by atoms with Crippen LogP contribution in [0.3, 0.4) is 0 Å². The maximum absolute atomic E-state index is 13.8. The number of nitriles is 1. The van der Waals surface area contributed by atoms with Gasteiger partial charge in [-0.2, -0.15) is 0 Å². The quantitative estimate of drug-likeness (QED) is 0.213. The van der Waals surface area contributed by atoms with Gasteiger partial charge in [0.05, 0.1) is 0 Å². The number of benzene rings is 2. The van der Waals surface area contributed by atoms with Gasteiger partial charge >= 0.3 is 211 Å². The number of nitrogens with zero attached hydrogens (tertiary/aromatic N) is 2. The number of fused-ring (bicyclic) bond motifs is 1. The predicted octanol–water partition coefficient (Wildman–Crippen LogP) is 7.11. The van der Waals surface area contributed by atoms with E-state index in [0.717, 1.165) is 30.2 Å². The van der Waals surface area contributed by atoms with E-state index in [1.807, 2.05) is 37.4 Å². The molecule has 0 aliphatic carbocycles. The van der Waals surface area contributed by atoms with Crippen LogP contribution in [0.5, 0.6) is 0 Å². The number of unbranched alkanes of at least 4 members (excludes halogenated alkanes) is 3. The number of aryl methyl sites for hydroxylation is 1. The van der Waals surface area contributed by atoms with Crippen LogP contribution >= 0.6 is 0 Å². The second kappa shape index (κ2) is 11.8. The van der Waals surface area contributed by atoms with Crippen LogP contribution < -0.4 is 3.58 Å². The summed E-state index contributed by atoms with van der Waals surface area (Å²) >= 11 is -2.97. The van der Waals surface area contributed by atoms with Crippen molar-refractivity contribution in [2.45, 2.75) is 84.4 Å². The van der Waals surface area contributed by atoms with Crippen LogP contribution in [0.25, 0.3) is 10.9 Å². The average molecular weight is 585 g/mol. The third-order valence-electron chi connectivity index (χ3n) is 7.08. The molecule has 0 saturated carbocycles. The molecule has 1 heterocycles. The molecule has 0 amide bonds. The van der Waals surface area contributed by atoms with Gasteiger partial charge in [0.2, 0.25) is 0 Å². The Morgan fingerprint density at radius 2 is 1.44 bits per heavy atom. The molecule has 0 fully saturated rings. The first-order valence-electron chi connectivity index (χ1n) is 12.7. The van der Waals surface area contributed by atoms with E-state index in [2.05, 4.69) is 26.8 Å². The molecule has 4 nitrogen and oxygen atoms in total. The number of hydrogen-bond acceptors (Lipinski definition) is 3. The van der Waals surface area contributed by atoms with Crippen molar-refractivity contribution >= 4 is 42.9 Å². The Bertz CT molecular complexity index is 1230. The number of rotatable bonds is 12. The molecule has 6 heteroatoms. The third kappa shape index (κ3) is 5.54. The van der Waals surface area contributed by atoms with Crippen LogP contribution in [0, 0.1) is 18.3 Å². The summed E-state index contributed by atoms with van der Waals surface area (Å²) in [5, 5.41) is 10.6. The van der Waals surface area contributed by atoms with Crippen LogP contribution in [0.15, 0.2) is 53.6 Å². The SMILES string of the molecule is CCC[CH2][Sn]([CH2]CCC)([CH2]CCC)[c]1cn(S(=O)(=O)c2ccc(C)cc2)c2ccc(C#N)cc12. The van der Waals surface area contributed by atoms with E-state index in [9.17, 15) is 13.7 Å². The second-order valence-electron chi connectivity index (χ2n) is 9.59. The molecular formula is C28H38N2O2SSn. The van der Waals surface area contributed by atoms with Gasteiger partial charge in [-0.05, 0) is 0 Å². The topological polar surface area (TPSA) is 62.9 Å². The molecule has 0 radical (unpaired) electrons. The Hall–Kier alpha value is -1.78. The summed E-state index contributed by atoms with van der Waals surface area (Å²) in [5.74, 6) is 0. The fourth-order valence-corrected chi connectivity index (χ4v) is 23.3. The zero-order chi connectivity index (χ0) is 24.8. The first-order valence-corrected chi connectivity index (χ1v) is 21.6. The molecule has 34 heavy (non-hydrogen) atoms. The third-order valence-corrected chi connectivity index (χ3v) is 24.4. The average Bonchev–Trinajstić information content (AvgIpc) is 3.24. The molecule has 1 aromatic heterocycles. The zero-order valence-corrected chi connectivity index (χ0v) is 24.8. The molecule has 2 aromatic carbocycles. The fourth-order valence-electron chi connectivity index (χ4n) is 5.04. The molecule has 0 atom stereocenters. The molecule has 0 unspecified atom stereocenters. The fraction of sp³-hybridized carbons (Fsp3) is 0.464. The summed E-state index contributed by atoms with van der Waals surface area (Å²) in [7, 11) is -3.74. The Morgan fingerprint density at radius 1 is 0.882 bits per heavy atom. The van der Waals surface area contributed by atoms with E-state index in [4.69, 9.17) is 0 Å². The standard InChI is InChI=1S/C16H11N2O2S.3C4H9.Sn/c1-12-2-5-15(6-3-12)21(19,20)18-9-8-14-10-13(11-17)4-7-16(14)18;3*1-3-4-2;/h2-7,9-10H,1H3;3*1,3-4H2,2H3;. The molecule has 182 valence electrons. The summed E-state index contributed by atoms with van der Waals surface area (Å²) in [4.78, 5) is 0.308. The molecule has 0 bridgehead atoms. The van der Waals surface area contributed by atoms with Crippen molar-refractivity contribution in [1.29, 1.82) is 5.26 Å². The van der Waals surface area contributed by atoms with Crippen molar-refractivity contribution in [3.63, 3.8) is 0 Å². The summed E-state index contributed by atoms with van der Waals surface area (Å²) in [6, 6.07) is 14.9. The second-order valence-corrected chi connectivity index (χ2v) is 24.5.